The number of nitrogens with one attached hydrogen (secondary N) is 2. The molecule has 2 aromatic rings. The standard InChI is InChI=1S/C18H22FN3O4S/c1-18(2,3)21-27(25,26)14-8-9-16(17(12-14)22(23)24)20-11-10-13-6-4-5-7-15(13)19/h4-9,12,20-21H,10-11H2,1-3H3. The van der Waals surface area contributed by atoms with Crippen LogP contribution in [0.15, 0.2) is 47.4 Å². The van der Waals surface area contributed by atoms with E-state index in [0.29, 0.717) is 12.0 Å². The molecule has 0 fully saturated rings. The van der Waals surface area contributed by atoms with Gasteiger partial charge in [-0.15, -0.1) is 0 Å². The maximum atomic E-state index is 13.6. The molecule has 9 heteroatoms. The molecule has 2 aromatic carbocycles. The van der Waals surface area contributed by atoms with E-state index in [2.05, 4.69) is 10.0 Å². The second-order valence-electron chi connectivity index (χ2n) is 7.06. The summed E-state index contributed by atoms with van der Waals surface area (Å²) in [6, 6.07) is 9.94. The third-order valence-corrected chi connectivity index (χ3v) is 5.34. The minimum atomic E-state index is -3.89. The van der Waals surface area contributed by atoms with Crippen LogP contribution < -0.4 is 10.0 Å². The van der Waals surface area contributed by atoms with E-state index < -0.39 is 20.5 Å². The lowest BCUT2D eigenvalue weighted by Gasteiger charge is -2.20. The SMILES string of the molecule is CC(C)(C)NS(=O)(=O)c1ccc(NCCc2ccccc2F)c([N+](=O)[O-])c1. The van der Waals surface area contributed by atoms with Crippen LogP contribution in [0.3, 0.4) is 0 Å². The number of sulfonamides is 1. The fourth-order valence-corrected chi connectivity index (χ4v) is 3.91. The molecule has 0 amide bonds. The van der Waals surface area contributed by atoms with E-state index in [9.17, 15) is 22.9 Å². The largest absolute Gasteiger partial charge is 0.379 e. The van der Waals surface area contributed by atoms with E-state index in [1.54, 1.807) is 39.0 Å². The van der Waals surface area contributed by atoms with E-state index in [-0.39, 0.29) is 28.6 Å². The molecule has 0 aromatic heterocycles. The number of nitro groups is 1. The molecule has 27 heavy (non-hydrogen) atoms. The highest BCUT2D eigenvalue weighted by Gasteiger charge is 2.25. The lowest BCUT2D eigenvalue weighted by atomic mass is 10.1. The highest BCUT2D eigenvalue weighted by molar-refractivity contribution is 7.89. The van der Waals surface area contributed by atoms with E-state index in [1.807, 2.05) is 0 Å². The number of nitro benzene ring substituents is 1. The summed E-state index contributed by atoms with van der Waals surface area (Å²) in [4.78, 5) is 10.5. The number of hydrogen-bond acceptors (Lipinski definition) is 5. The van der Waals surface area contributed by atoms with Gasteiger partial charge in [-0.1, -0.05) is 18.2 Å². The van der Waals surface area contributed by atoms with Crippen LogP contribution >= 0.6 is 0 Å². The van der Waals surface area contributed by atoms with E-state index in [1.165, 1.54) is 18.2 Å². The molecule has 0 heterocycles. The van der Waals surface area contributed by atoms with Gasteiger partial charge in [-0.3, -0.25) is 10.1 Å². The fraction of sp³-hybridized carbons (Fsp3) is 0.333. The maximum Gasteiger partial charge on any atom is 0.293 e. The van der Waals surface area contributed by atoms with E-state index in [4.69, 9.17) is 0 Å². The van der Waals surface area contributed by atoms with Crippen LogP contribution in [0.25, 0.3) is 0 Å². The molecule has 0 bridgehead atoms. The second-order valence-corrected chi connectivity index (χ2v) is 8.74. The van der Waals surface area contributed by atoms with Crippen molar-refractivity contribution in [3.63, 3.8) is 0 Å². The molecule has 0 spiro atoms. The summed E-state index contributed by atoms with van der Waals surface area (Å²) < 4.78 is 40.8. The summed E-state index contributed by atoms with van der Waals surface area (Å²) in [6.07, 6.45) is 0.329. The molecule has 7 nitrogen and oxygen atoms in total. The topological polar surface area (TPSA) is 101 Å². The van der Waals surface area contributed by atoms with Crippen LogP contribution in [0.1, 0.15) is 26.3 Å². The van der Waals surface area contributed by atoms with Crippen LogP contribution in [0.2, 0.25) is 0 Å². The molecule has 0 atom stereocenters. The van der Waals surface area contributed by atoms with Gasteiger partial charge < -0.3 is 5.32 Å². The average molecular weight is 395 g/mol. The van der Waals surface area contributed by atoms with Gasteiger partial charge in [0.25, 0.3) is 5.69 Å². The zero-order chi connectivity index (χ0) is 20.2. The molecule has 0 saturated carbocycles. The molecule has 0 aliphatic carbocycles. The van der Waals surface area contributed by atoms with E-state index in [0.717, 1.165) is 6.07 Å². The molecule has 0 saturated heterocycles. The predicted octanol–water partition coefficient (Wildman–Crippen LogP) is 3.47. The molecule has 2 rings (SSSR count). The highest BCUT2D eigenvalue weighted by Crippen LogP contribution is 2.28. The van der Waals surface area contributed by atoms with Gasteiger partial charge in [0.05, 0.1) is 9.82 Å². The number of benzene rings is 2. The first-order valence-corrected chi connectivity index (χ1v) is 9.77. The normalized spacial score (nSPS) is 12.0. The van der Waals surface area contributed by atoms with Gasteiger partial charge in [-0.25, -0.2) is 17.5 Å². The van der Waals surface area contributed by atoms with Gasteiger partial charge in [0.15, 0.2) is 0 Å². The third-order valence-electron chi connectivity index (χ3n) is 3.58. The molecular weight excluding hydrogens is 373 g/mol. The van der Waals surface area contributed by atoms with Gasteiger partial charge in [0.1, 0.15) is 11.5 Å². The Kier molecular flexibility index (Phi) is 6.17. The summed E-state index contributed by atoms with van der Waals surface area (Å²) >= 11 is 0. The molecule has 0 unspecified atom stereocenters. The highest BCUT2D eigenvalue weighted by atomic mass is 32.2. The summed E-state index contributed by atoms with van der Waals surface area (Å²) in [6.45, 7) is 5.29. The van der Waals surface area contributed by atoms with Gasteiger partial charge in [-0.05, 0) is 51.0 Å². The van der Waals surface area contributed by atoms with Gasteiger partial charge in [0, 0.05) is 18.2 Å². The van der Waals surface area contributed by atoms with Gasteiger partial charge in [0.2, 0.25) is 10.0 Å². The number of nitrogens with zero attached hydrogens (tertiary/aromatic N) is 1. The first kappa shape index (κ1) is 20.8. The van der Waals surface area contributed by atoms with Crippen molar-refractivity contribution in [1.82, 2.24) is 4.72 Å². The van der Waals surface area contributed by atoms with E-state index >= 15 is 0 Å². The average Bonchev–Trinajstić information content (AvgIpc) is 2.54. The Hall–Kier alpha value is -2.52. The zero-order valence-electron chi connectivity index (χ0n) is 15.3. The first-order chi connectivity index (χ1) is 12.5. The molecular formula is C18H22FN3O4S. The van der Waals surface area contributed by atoms with Crippen molar-refractivity contribution in [2.24, 2.45) is 0 Å². The Balaban J connectivity index is 2.21. The lowest BCUT2D eigenvalue weighted by molar-refractivity contribution is -0.384. The molecule has 0 radical (unpaired) electrons. The summed E-state index contributed by atoms with van der Waals surface area (Å²) in [5.74, 6) is -0.344. The van der Waals surface area contributed by atoms with Crippen molar-refractivity contribution in [2.75, 3.05) is 11.9 Å². The number of halogens is 1. The fourth-order valence-electron chi connectivity index (χ4n) is 2.47. The Morgan fingerprint density at radius 1 is 1.15 bits per heavy atom. The minimum Gasteiger partial charge on any atom is -0.379 e. The molecule has 146 valence electrons. The van der Waals surface area contributed by atoms with Crippen LogP contribution in [-0.4, -0.2) is 25.4 Å². The molecule has 2 N–H and O–H groups in total. The van der Waals surface area contributed by atoms with Crippen LogP contribution in [-0.2, 0) is 16.4 Å². The summed E-state index contributed by atoms with van der Waals surface area (Å²) in [5, 5.41) is 14.2. The van der Waals surface area contributed by atoms with Gasteiger partial charge in [-0.2, -0.15) is 0 Å². The first-order valence-electron chi connectivity index (χ1n) is 8.29. The summed E-state index contributed by atoms with van der Waals surface area (Å²) in [5.41, 5.74) is -0.419. The Labute approximate surface area is 157 Å². The van der Waals surface area contributed by atoms with Crippen molar-refractivity contribution in [2.45, 2.75) is 37.6 Å². The zero-order valence-corrected chi connectivity index (χ0v) is 16.1. The second kappa shape index (κ2) is 8.01. The minimum absolute atomic E-state index is 0.172. The maximum absolute atomic E-state index is 13.6. The van der Waals surface area contributed by atoms with Crippen LogP contribution in [0.5, 0.6) is 0 Å². The van der Waals surface area contributed by atoms with Gasteiger partial charge >= 0.3 is 0 Å². The quantitative estimate of drug-likeness (QED) is 0.552. The van der Waals surface area contributed by atoms with Crippen molar-refractivity contribution >= 4 is 21.4 Å². The number of hydrogen-bond donors (Lipinski definition) is 2. The Bertz CT molecular complexity index is 940. The van der Waals surface area contributed by atoms with Crippen molar-refractivity contribution in [3.05, 3.63) is 64.0 Å². The molecule has 0 aliphatic rings. The molecule has 0 aliphatic heterocycles. The predicted molar refractivity (Wildman–Crippen MR) is 102 cm³/mol. The lowest BCUT2D eigenvalue weighted by Crippen LogP contribution is -2.40. The van der Waals surface area contributed by atoms with Crippen LogP contribution in [0, 0.1) is 15.9 Å². The Morgan fingerprint density at radius 2 is 1.81 bits per heavy atom. The van der Waals surface area contributed by atoms with Crippen LogP contribution in [0.4, 0.5) is 15.8 Å². The number of rotatable bonds is 7. The number of anilines is 1. The third kappa shape index (κ3) is 5.73. The Morgan fingerprint density at radius 3 is 2.41 bits per heavy atom. The summed E-state index contributed by atoms with van der Waals surface area (Å²) in [7, 11) is -3.89. The monoisotopic (exact) mass is 395 g/mol. The van der Waals surface area contributed by atoms with Crippen molar-refractivity contribution in [1.29, 1.82) is 0 Å². The van der Waals surface area contributed by atoms with Crippen molar-refractivity contribution < 1.29 is 17.7 Å². The smallest absolute Gasteiger partial charge is 0.293 e. The van der Waals surface area contributed by atoms with Crippen molar-refractivity contribution in [3.8, 4) is 0 Å².